The first kappa shape index (κ1) is 20.2. The molecule has 2 unspecified atom stereocenters. The molecule has 0 bridgehead atoms. The van der Waals surface area contributed by atoms with Gasteiger partial charge in [0.05, 0.1) is 0 Å². The molecule has 3 N–H and O–H groups in total. The van der Waals surface area contributed by atoms with E-state index in [0.29, 0.717) is 25.3 Å². The molecule has 0 aromatic rings. The van der Waals surface area contributed by atoms with Crippen molar-refractivity contribution in [2.24, 2.45) is 11.3 Å². The Kier molecular flexibility index (Phi) is 8.90. The summed E-state index contributed by atoms with van der Waals surface area (Å²) in [5.74, 6) is 0.638. The molecule has 2 atom stereocenters. The Morgan fingerprint density at radius 2 is 1.95 bits per heavy atom. The number of amides is 2. The molecule has 21 heavy (non-hydrogen) atoms. The lowest BCUT2D eigenvalue weighted by molar-refractivity contribution is -0.128. The molecule has 1 fully saturated rings. The van der Waals surface area contributed by atoms with E-state index in [1.54, 1.807) is 0 Å². The van der Waals surface area contributed by atoms with Crippen LogP contribution in [0.3, 0.4) is 0 Å². The van der Waals surface area contributed by atoms with Crippen molar-refractivity contribution in [2.75, 3.05) is 19.6 Å². The van der Waals surface area contributed by atoms with Gasteiger partial charge in [0.2, 0.25) is 11.8 Å². The van der Waals surface area contributed by atoms with E-state index in [-0.39, 0.29) is 35.7 Å². The number of carbonyl (C=O) groups excluding carboxylic acids is 2. The van der Waals surface area contributed by atoms with Crippen LogP contribution in [0, 0.1) is 11.3 Å². The largest absolute Gasteiger partial charge is 0.356 e. The van der Waals surface area contributed by atoms with Crippen LogP contribution in [-0.4, -0.2) is 37.5 Å². The maximum absolute atomic E-state index is 11.8. The molecular formula is C15H30ClN3O2. The Balaban J connectivity index is 0.00000400. The summed E-state index contributed by atoms with van der Waals surface area (Å²) in [6.45, 7) is 10.3. The molecule has 124 valence electrons. The van der Waals surface area contributed by atoms with Gasteiger partial charge in [0.1, 0.15) is 0 Å². The fourth-order valence-corrected chi connectivity index (χ4v) is 2.18. The van der Waals surface area contributed by atoms with Gasteiger partial charge in [0, 0.05) is 31.0 Å². The van der Waals surface area contributed by atoms with Crippen molar-refractivity contribution in [3.8, 4) is 0 Å². The normalized spacial score (nSPS) is 22.1. The zero-order valence-corrected chi connectivity index (χ0v) is 14.4. The van der Waals surface area contributed by atoms with Crippen molar-refractivity contribution < 1.29 is 9.59 Å². The van der Waals surface area contributed by atoms with Crippen LogP contribution >= 0.6 is 12.4 Å². The first-order chi connectivity index (χ1) is 9.30. The van der Waals surface area contributed by atoms with Crippen LogP contribution in [-0.2, 0) is 9.59 Å². The third-order valence-corrected chi connectivity index (χ3v) is 3.72. The van der Waals surface area contributed by atoms with Gasteiger partial charge >= 0.3 is 0 Å². The number of rotatable bonds is 5. The standard InChI is InChI=1S/C15H29N3O2.ClH/c1-11-7-9-16-10-12(11)18-13(19)6-5-8-17-14(20)15(2,3)4;/h11-12,16H,5-10H2,1-4H3,(H,17,20)(H,18,19);1H. The molecule has 1 saturated heterocycles. The molecular weight excluding hydrogens is 290 g/mol. The molecule has 0 radical (unpaired) electrons. The van der Waals surface area contributed by atoms with Crippen LogP contribution in [0.25, 0.3) is 0 Å². The summed E-state index contributed by atoms with van der Waals surface area (Å²) in [7, 11) is 0. The SMILES string of the molecule is CC1CCNCC1NC(=O)CCCNC(=O)C(C)(C)C.Cl. The van der Waals surface area contributed by atoms with Gasteiger partial charge in [-0.2, -0.15) is 0 Å². The highest BCUT2D eigenvalue weighted by Crippen LogP contribution is 2.13. The van der Waals surface area contributed by atoms with Crippen molar-refractivity contribution in [2.45, 2.75) is 53.0 Å². The Morgan fingerprint density at radius 1 is 1.29 bits per heavy atom. The fraction of sp³-hybridized carbons (Fsp3) is 0.867. The molecule has 1 aliphatic rings. The van der Waals surface area contributed by atoms with Crippen molar-refractivity contribution in [1.29, 1.82) is 0 Å². The molecule has 0 aromatic carbocycles. The Hall–Kier alpha value is -0.810. The number of nitrogens with one attached hydrogen (secondary N) is 3. The molecule has 5 nitrogen and oxygen atoms in total. The van der Waals surface area contributed by atoms with Crippen LogP contribution in [0.5, 0.6) is 0 Å². The molecule has 2 amide bonds. The number of hydrogen-bond donors (Lipinski definition) is 3. The van der Waals surface area contributed by atoms with Gasteiger partial charge in [0.25, 0.3) is 0 Å². The van der Waals surface area contributed by atoms with E-state index in [2.05, 4.69) is 22.9 Å². The van der Waals surface area contributed by atoms with E-state index in [4.69, 9.17) is 0 Å². The van der Waals surface area contributed by atoms with Crippen LogP contribution in [0.1, 0.15) is 47.0 Å². The minimum absolute atomic E-state index is 0. The minimum atomic E-state index is -0.370. The molecule has 0 saturated carbocycles. The van der Waals surface area contributed by atoms with E-state index >= 15 is 0 Å². The van der Waals surface area contributed by atoms with Gasteiger partial charge in [-0.05, 0) is 25.3 Å². The number of carbonyl (C=O) groups is 2. The second kappa shape index (κ2) is 9.26. The van der Waals surface area contributed by atoms with Crippen LogP contribution < -0.4 is 16.0 Å². The lowest BCUT2D eigenvalue weighted by Crippen LogP contribution is -2.50. The summed E-state index contributed by atoms with van der Waals surface area (Å²) in [5.41, 5.74) is -0.370. The van der Waals surface area contributed by atoms with Crippen molar-refractivity contribution in [3.63, 3.8) is 0 Å². The fourth-order valence-electron chi connectivity index (χ4n) is 2.18. The van der Waals surface area contributed by atoms with Crippen LogP contribution in [0.2, 0.25) is 0 Å². The summed E-state index contributed by atoms with van der Waals surface area (Å²) in [4.78, 5) is 23.5. The zero-order chi connectivity index (χ0) is 15.2. The maximum atomic E-state index is 11.8. The van der Waals surface area contributed by atoms with Gasteiger partial charge in [-0.1, -0.05) is 27.7 Å². The molecule has 1 heterocycles. The predicted octanol–water partition coefficient (Wildman–Crippen LogP) is 1.46. The zero-order valence-electron chi connectivity index (χ0n) is 13.6. The monoisotopic (exact) mass is 319 g/mol. The molecule has 1 aliphatic heterocycles. The van der Waals surface area contributed by atoms with Gasteiger partial charge in [0.15, 0.2) is 0 Å². The van der Waals surface area contributed by atoms with Gasteiger partial charge < -0.3 is 16.0 Å². The quantitative estimate of drug-likeness (QED) is 0.672. The maximum Gasteiger partial charge on any atom is 0.225 e. The van der Waals surface area contributed by atoms with Crippen LogP contribution in [0.15, 0.2) is 0 Å². The van der Waals surface area contributed by atoms with E-state index < -0.39 is 0 Å². The highest BCUT2D eigenvalue weighted by atomic mass is 35.5. The third-order valence-electron chi connectivity index (χ3n) is 3.72. The van der Waals surface area contributed by atoms with E-state index in [1.807, 2.05) is 20.8 Å². The summed E-state index contributed by atoms with van der Waals surface area (Å²) in [6, 6.07) is 0.236. The molecule has 0 aliphatic carbocycles. The lowest BCUT2D eigenvalue weighted by Gasteiger charge is -2.30. The molecule has 0 spiro atoms. The summed E-state index contributed by atoms with van der Waals surface area (Å²) < 4.78 is 0. The lowest BCUT2D eigenvalue weighted by atomic mass is 9.94. The second-order valence-corrected chi connectivity index (χ2v) is 6.75. The Morgan fingerprint density at radius 3 is 2.52 bits per heavy atom. The molecule has 6 heteroatoms. The summed E-state index contributed by atoms with van der Waals surface area (Å²) in [5, 5.41) is 9.23. The summed E-state index contributed by atoms with van der Waals surface area (Å²) >= 11 is 0. The number of halogens is 1. The van der Waals surface area contributed by atoms with Crippen molar-refractivity contribution in [1.82, 2.24) is 16.0 Å². The summed E-state index contributed by atoms with van der Waals surface area (Å²) in [6.07, 6.45) is 2.25. The average molecular weight is 320 g/mol. The first-order valence-corrected chi connectivity index (χ1v) is 7.59. The van der Waals surface area contributed by atoms with Crippen LogP contribution in [0.4, 0.5) is 0 Å². The number of piperidine rings is 1. The second-order valence-electron chi connectivity index (χ2n) is 6.75. The van der Waals surface area contributed by atoms with E-state index in [1.165, 1.54) is 0 Å². The Labute approximate surface area is 134 Å². The topological polar surface area (TPSA) is 70.2 Å². The smallest absolute Gasteiger partial charge is 0.225 e. The van der Waals surface area contributed by atoms with Crippen molar-refractivity contribution in [3.05, 3.63) is 0 Å². The van der Waals surface area contributed by atoms with Gasteiger partial charge in [-0.25, -0.2) is 0 Å². The predicted molar refractivity (Wildman–Crippen MR) is 87.5 cm³/mol. The highest BCUT2D eigenvalue weighted by Gasteiger charge is 2.23. The highest BCUT2D eigenvalue weighted by molar-refractivity contribution is 5.85. The Bertz CT molecular complexity index is 342. The first-order valence-electron chi connectivity index (χ1n) is 7.59. The van der Waals surface area contributed by atoms with E-state index in [9.17, 15) is 9.59 Å². The number of hydrogen-bond acceptors (Lipinski definition) is 3. The van der Waals surface area contributed by atoms with Gasteiger partial charge in [-0.15, -0.1) is 12.4 Å². The minimum Gasteiger partial charge on any atom is -0.356 e. The molecule has 0 aromatic heterocycles. The van der Waals surface area contributed by atoms with Gasteiger partial charge in [-0.3, -0.25) is 9.59 Å². The molecule has 1 rings (SSSR count). The third kappa shape index (κ3) is 7.67. The van der Waals surface area contributed by atoms with E-state index in [0.717, 1.165) is 19.5 Å². The van der Waals surface area contributed by atoms with Crippen molar-refractivity contribution >= 4 is 24.2 Å². The average Bonchev–Trinajstić information content (AvgIpc) is 2.36.